The van der Waals surface area contributed by atoms with E-state index < -0.39 is 0 Å². The van der Waals surface area contributed by atoms with Gasteiger partial charge in [0.25, 0.3) is 5.91 Å². The van der Waals surface area contributed by atoms with E-state index in [-0.39, 0.29) is 11.9 Å². The maximum absolute atomic E-state index is 13.2. The highest BCUT2D eigenvalue weighted by molar-refractivity contribution is 5.95. The molecule has 0 aliphatic heterocycles. The van der Waals surface area contributed by atoms with Gasteiger partial charge in [-0.2, -0.15) is 5.10 Å². The van der Waals surface area contributed by atoms with Gasteiger partial charge < -0.3 is 10.1 Å². The molecule has 198 valence electrons. The van der Waals surface area contributed by atoms with Gasteiger partial charge in [-0.3, -0.25) is 14.7 Å². The van der Waals surface area contributed by atoms with Gasteiger partial charge in [-0.15, -0.1) is 0 Å². The molecular weight excluding hydrogens is 492 g/mol. The second-order valence-electron chi connectivity index (χ2n) is 8.86. The first-order valence-electron chi connectivity index (χ1n) is 12.9. The van der Waals surface area contributed by atoms with Crippen LogP contribution < -0.4 is 10.1 Å². The van der Waals surface area contributed by atoms with Crippen LogP contribution in [0.4, 0.5) is 0 Å². The van der Waals surface area contributed by atoms with Gasteiger partial charge >= 0.3 is 6.01 Å². The molecule has 10 nitrogen and oxygen atoms in total. The third-order valence-corrected chi connectivity index (χ3v) is 6.51. The summed E-state index contributed by atoms with van der Waals surface area (Å²) >= 11 is 0. The Labute approximate surface area is 226 Å². The molecule has 39 heavy (non-hydrogen) atoms. The number of rotatable bonds is 11. The first-order valence-corrected chi connectivity index (χ1v) is 12.9. The summed E-state index contributed by atoms with van der Waals surface area (Å²) in [5, 5.41) is 7.49. The van der Waals surface area contributed by atoms with Crippen molar-refractivity contribution in [3.8, 4) is 28.5 Å². The summed E-state index contributed by atoms with van der Waals surface area (Å²) in [5.74, 6) is -0.193. The van der Waals surface area contributed by atoms with Crippen LogP contribution in [-0.4, -0.2) is 72.6 Å². The number of nitrogens with one attached hydrogen (secondary N) is 1. The summed E-state index contributed by atoms with van der Waals surface area (Å²) in [6, 6.07) is 17.4. The average molecular weight is 523 g/mol. The van der Waals surface area contributed by atoms with Crippen molar-refractivity contribution in [2.45, 2.75) is 19.9 Å². The van der Waals surface area contributed by atoms with Gasteiger partial charge in [-0.05, 0) is 37.4 Å². The van der Waals surface area contributed by atoms with Crippen molar-refractivity contribution in [2.75, 3.05) is 26.2 Å². The Morgan fingerprint density at radius 2 is 1.77 bits per heavy atom. The van der Waals surface area contributed by atoms with E-state index in [1.165, 1.54) is 0 Å². The van der Waals surface area contributed by atoms with Gasteiger partial charge in [-0.25, -0.2) is 19.5 Å². The number of fused-ring (bicyclic) bond motifs is 1. The lowest BCUT2D eigenvalue weighted by molar-refractivity contribution is 0.0910. The van der Waals surface area contributed by atoms with Gasteiger partial charge in [-0.1, -0.05) is 44.2 Å². The SMILES string of the molecule is CCN(CC)C(CNC(=O)c1ccnc(-c2cnn3ccc(-c4ccccc4)nc23)c1)COc1ncccn1. The lowest BCUT2D eigenvalue weighted by Gasteiger charge is -2.29. The topological polar surface area (TPSA) is 110 Å². The number of nitrogens with zero attached hydrogens (tertiary/aromatic N) is 7. The Bertz CT molecular complexity index is 1520. The quantitative estimate of drug-likeness (QED) is 0.279. The Hall–Kier alpha value is -4.70. The Kier molecular flexibility index (Phi) is 8.13. The minimum absolute atomic E-state index is 0.0470. The maximum Gasteiger partial charge on any atom is 0.316 e. The predicted molar refractivity (Wildman–Crippen MR) is 148 cm³/mol. The van der Waals surface area contributed by atoms with Crippen LogP contribution in [0.15, 0.2) is 85.6 Å². The molecule has 5 aromatic rings. The molecule has 1 amide bonds. The van der Waals surface area contributed by atoms with Gasteiger partial charge in [0.2, 0.25) is 0 Å². The highest BCUT2D eigenvalue weighted by atomic mass is 16.5. The Balaban J connectivity index is 1.32. The van der Waals surface area contributed by atoms with E-state index in [0.717, 1.165) is 29.9 Å². The monoisotopic (exact) mass is 522 g/mol. The van der Waals surface area contributed by atoms with E-state index in [9.17, 15) is 4.79 Å². The molecule has 10 heteroatoms. The summed E-state index contributed by atoms with van der Waals surface area (Å²) in [5.41, 5.74) is 4.40. The maximum atomic E-state index is 13.2. The van der Waals surface area contributed by atoms with Crippen molar-refractivity contribution >= 4 is 11.6 Å². The number of aromatic nitrogens is 6. The molecule has 1 aromatic carbocycles. The molecule has 0 saturated carbocycles. The van der Waals surface area contributed by atoms with Crippen LogP contribution in [0.1, 0.15) is 24.2 Å². The molecule has 0 saturated heterocycles. The van der Waals surface area contributed by atoms with Crippen molar-refractivity contribution in [2.24, 2.45) is 0 Å². The van der Waals surface area contributed by atoms with Crippen LogP contribution in [0, 0.1) is 0 Å². The van der Waals surface area contributed by atoms with Crippen molar-refractivity contribution in [3.05, 3.63) is 91.1 Å². The molecule has 0 aliphatic rings. The summed E-state index contributed by atoms with van der Waals surface area (Å²) < 4.78 is 7.51. The van der Waals surface area contributed by atoms with Gasteiger partial charge in [0.15, 0.2) is 5.65 Å². The molecule has 0 spiro atoms. The van der Waals surface area contributed by atoms with Crippen LogP contribution in [-0.2, 0) is 0 Å². The Morgan fingerprint density at radius 1 is 0.974 bits per heavy atom. The number of amides is 1. The molecule has 0 aliphatic carbocycles. The number of pyridine rings is 1. The predicted octanol–water partition coefficient (Wildman–Crippen LogP) is 3.77. The van der Waals surface area contributed by atoms with Crippen LogP contribution in [0.3, 0.4) is 0 Å². The number of hydrogen-bond donors (Lipinski definition) is 1. The molecule has 0 bridgehead atoms. The smallest absolute Gasteiger partial charge is 0.316 e. The first kappa shape index (κ1) is 25.9. The van der Waals surface area contributed by atoms with E-state index >= 15 is 0 Å². The number of hydrogen-bond acceptors (Lipinski definition) is 8. The second-order valence-corrected chi connectivity index (χ2v) is 8.86. The summed E-state index contributed by atoms with van der Waals surface area (Å²) in [7, 11) is 0. The van der Waals surface area contributed by atoms with Gasteiger partial charge in [0.05, 0.1) is 29.2 Å². The third kappa shape index (κ3) is 6.07. The molecule has 5 rings (SSSR count). The largest absolute Gasteiger partial charge is 0.462 e. The van der Waals surface area contributed by atoms with Gasteiger partial charge in [0, 0.05) is 42.5 Å². The van der Waals surface area contributed by atoms with Crippen LogP contribution in [0.5, 0.6) is 6.01 Å². The van der Waals surface area contributed by atoms with Crippen LogP contribution >= 0.6 is 0 Å². The van der Waals surface area contributed by atoms with Crippen LogP contribution in [0.2, 0.25) is 0 Å². The fraction of sp³-hybridized carbons (Fsp3) is 0.241. The van der Waals surface area contributed by atoms with Crippen molar-refractivity contribution in [3.63, 3.8) is 0 Å². The highest BCUT2D eigenvalue weighted by Gasteiger charge is 2.20. The first-order chi connectivity index (χ1) is 19.2. The fourth-order valence-corrected chi connectivity index (χ4v) is 4.42. The number of carbonyl (C=O) groups is 1. The zero-order chi connectivity index (χ0) is 27.0. The lowest BCUT2D eigenvalue weighted by atomic mass is 10.1. The molecule has 1 unspecified atom stereocenters. The minimum atomic E-state index is -0.193. The molecule has 1 N–H and O–H groups in total. The third-order valence-electron chi connectivity index (χ3n) is 6.51. The standard InChI is InChI=1S/C29H30N8O2/c1-3-36(4-2)23(20-39-29-31-13-8-14-32-29)18-33-28(38)22-11-15-30-26(17-22)24-19-34-37-16-12-25(35-27(24)37)21-9-6-5-7-10-21/h5-17,19,23H,3-4,18,20H2,1-2H3,(H,33,38). The number of carbonyl (C=O) groups excluding carboxylic acids is 1. The normalized spacial score (nSPS) is 12.0. The van der Waals surface area contributed by atoms with E-state index in [1.807, 2.05) is 42.6 Å². The van der Waals surface area contributed by atoms with E-state index in [2.05, 4.69) is 44.1 Å². The number of likely N-dealkylation sites (N-methyl/N-ethyl adjacent to an activating group) is 1. The Morgan fingerprint density at radius 3 is 2.54 bits per heavy atom. The summed E-state index contributed by atoms with van der Waals surface area (Å²) in [6.07, 6.45) is 8.51. The molecule has 4 aromatic heterocycles. The van der Waals surface area contributed by atoms with Gasteiger partial charge in [0.1, 0.15) is 6.61 Å². The average Bonchev–Trinajstić information content (AvgIpc) is 3.43. The fourth-order valence-electron chi connectivity index (χ4n) is 4.42. The van der Waals surface area contributed by atoms with E-state index in [4.69, 9.17) is 9.72 Å². The number of benzene rings is 1. The molecule has 0 radical (unpaired) electrons. The zero-order valence-corrected chi connectivity index (χ0v) is 21.9. The van der Waals surface area contributed by atoms with Crippen molar-refractivity contribution in [1.82, 2.24) is 39.8 Å². The van der Waals surface area contributed by atoms with E-state index in [0.29, 0.717) is 36.1 Å². The molecular formula is C29H30N8O2. The summed E-state index contributed by atoms with van der Waals surface area (Å²) in [6.45, 7) is 6.57. The van der Waals surface area contributed by atoms with Crippen LogP contribution in [0.25, 0.3) is 28.2 Å². The molecule has 4 heterocycles. The van der Waals surface area contributed by atoms with E-state index in [1.54, 1.807) is 47.5 Å². The molecule has 0 fully saturated rings. The van der Waals surface area contributed by atoms with Crippen molar-refractivity contribution in [1.29, 1.82) is 0 Å². The zero-order valence-electron chi connectivity index (χ0n) is 21.9. The van der Waals surface area contributed by atoms with Crippen molar-refractivity contribution < 1.29 is 9.53 Å². The minimum Gasteiger partial charge on any atom is -0.462 e. The second kappa shape index (κ2) is 12.2. The summed E-state index contributed by atoms with van der Waals surface area (Å²) in [4.78, 5) is 33.0. The number of ether oxygens (including phenoxy) is 1. The molecule has 1 atom stereocenters. The highest BCUT2D eigenvalue weighted by Crippen LogP contribution is 2.25. The lowest BCUT2D eigenvalue weighted by Crippen LogP contribution is -2.47.